The summed E-state index contributed by atoms with van der Waals surface area (Å²) in [5.41, 5.74) is -1.33. The van der Waals surface area contributed by atoms with Gasteiger partial charge in [0.15, 0.2) is 0 Å². The molecule has 6 heteroatoms. The second-order valence-corrected chi connectivity index (χ2v) is 6.39. The number of nitrogens with zero attached hydrogens (tertiary/aromatic N) is 1. The zero-order valence-electron chi connectivity index (χ0n) is 14.9. The summed E-state index contributed by atoms with van der Waals surface area (Å²) in [4.78, 5) is 0. The van der Waals surface area contributed by atoms with Crippen molar-refractivity contribution in [3.63, 3.8) is 0 Å². The Hall–Kier alpha value is -2.00. The molecule has 138 valence electrons. The van der Waals surface area contributed by atoms with Crippen molar-refractivity contribution in [1.82, 2.24) is 5.32 Å². The molecule has 1 N–H and O–H groups in total. The molecule has 0 aliphatic heterocycles. The van der Waals surface area contributed by atoms with Crippen LogP contribution in [0.1, 0.15) is 44.7 Å². The lowest BCUT2D eigenvalue weighted by Gasteiger charge is -2.37. The zero-order chi connectivity index (χ0) is 19.0. The van der Waals surface area contributed by atoms with Crippen LogP contribution in [0.3, 0.4) is 0 Å². The van der Waals surface area contributed by atoms with Crippen molar-refractivity contribution >= 4 is 0 Å². The van der Waals surface area contributed by atoms with Gasteiger partial charge in [0.1, 0.15) is 5.75 Å². The fourth-order valence-electron chi connectivity index (χ4n) is 2.65. The standard InChI is InChI=1S/C16H19F3N2O.C3H6/c1-10(2)21-13-5-11(6-13)9-22-14-3-4-15(16(17,18)19)12(7-14)8-20;1-3-2/h3-4,7,10-11,13,21H,5-6,9H2,1-2H3;3H,1H2,2H3. The van der Waals surface area contributed by atoms with E-state index in [1.165, 1.54) is 6.07 Å². The normalized spacial score (nSPS) is 19.3. The molecule has 1 aliphatic rings. The molecule has 0 atom stereocenters. The van der Waals surface area contributed by atoms with Crippen LogP contribution >= 0.6 is 0 Å². The molecule has 1 fully saturated rings. The van der Waals surface area contributed by atoms with Gasteiger partial charge in [0.2, 0.25) is 0 Å². The van der Waals surface area contributed by atoms with Crippen molar-refractivity contribution < 1.29 is 17.9 Å². The number of halogens is 3. The van der Waals surface area contributed by atoms with E-state index in [1.807, 2.05) is 6.92 Å². The monoisotopic (exact) mass is 354 g/mol. The first-order chi connectivity index (χ1) is 11.7. The number of hydrogen-bond donors (Lipinski definition) is 1. The van der Waals surface area contributed by atoms with E-state index in [4.69, 9.17) is 10.00 Å². The molecule has 1 saturated carbocycles. The molecule has 0 aromatic heterocycles. The predicted molar refractivity (Wildman–Crippen MR) is 92.3 cm³/mol. The number of hydrogen-bond acceptors (Lipinski definition) is 3. The Balaban J connectivity index is 0.000000970. The molecule has 25 heavy (non-hydrogen) atoms. The van der Waals surface area contributed by atoms with E-state index >= 15 is 0 Å². The lowest BCUT2D eigenvalue weighted by Crippen LogP contribution is -2.46. The molecule has 3 nitrogen and oxygen atoms in total. The lowest BCUT2D eigenvalue weighted by molar-refractivity contribution is -0.137. The van der Waals surface area contributed by atoms with E-state index in [0.29, 0.717) is 30.4 Å². The Morgan fingerprint density at radius 2 is 2.00 bits per heavy atom. The van der Waals surface area contributed by atoms with Crippen LogP contribution in [0.2, 0.25) is 0 Å². The molecule has 0 bridgehead atoms. The zero-order valence-corrected chi connectivity index (χ0v) is 14.9. The SMILES string of the molecule is C=CC.CC(C)NC1CC(COc2ccc(C(F)(F)F)c(C#N)c2)C1. The smallest absolute Gasteiger partial charge is 0.417 e. The maximum Gasteiger partial charge on any atom is 0.417 e. The Morgan fingerprint density at radius 3 is 2.48 bits per heavy atom. The van der Waals surface area contributed by atoms with Crippen LogP contribution in [-0.2, 0) is 6.18 Å². The van der Waals surface area contributed by atoms with Crippen LogP contribution in [0.15, 0.2) is 30.9 Å². The van der Waals surface area contributed by atoms with Crippen LogP contribution in [0, 0.1) is 17.2 Å². The molecular formula is C19H25F3N2O. The maximum absolute atomic E-state index is 12.7. The second kappa shape index (κ2) is 9.47. The van der Waals surface area contributed by atoms with E-state index in [0.717, 1.165) is 25.0 Å². The van der Waals surface area contributed by atoms with Gasteiger partial charge >= 0.3 is 6.18 Å². The average molecular weight is 354 g/mol. The highest BCUT2D eigenvalue weighted by Gasteiger charge is 2.34. The van der Waals surface area contributed by atoms with Crippen molar-refractivity contribution in [2.45, 2.75) is 51.9 Å². The first-order valence-corrected chi connectivity index (χ1v) is 8.28. The third-order valence-electron chi connectivity index (χ3n) is 3.71. The third-order valence-corrected chi connectivity index (χ3v) is 3.71. The first kappa shape index (κ1) is 21.0. The number of allylic oxidation sites excluding steroid dienone is 1. The van der Waals surface area contributed by atoms with E-state index in [1.54, 1.807) is 12.1 Å². The molecule has 0 saturated heterocycles. The number of rotatable bonds is 5. The van der Waals surface area contributed by atoms with Crippen LogP contribution in [0.25, 0.3) is 0 Å². The van der Waals surface area contributed by atoms with Crippen molar-refractivity contribution in [3.05, 3.63) is 42.0 Å². The van der Waals surface area contributed by atoms with E-state index in [2.05, 4.69) is 25.7 Å². The molecule has 0 spiro atoms. The third kappa shape index (κ3) is 6.79. The number of benzene rings is 1. The minimum Gasteiger partial charge on any atom is -0.493 e. The maximum atomic E-state index is 12.7. The summed E-state index contributed by atoms with van der Waals surface area (Å²) in [5, 5.41) is 12.3. The first-order valence-electron chi connectivity index (χ1n) is 8.28. The molecule has 0 radical (unpaired) electrons. The largest absolute Gasteiger partial charge is 0.493 e. The fourth-order valence-corrected chi connectivity index (χ4v) is 2.65. The Kier molecular flexibility index (Phi) is 7.98. The highest BCUT2D eigenvalue weighted by molar-refractivity contribution is 5.44. The van der Waals surface area contributed by atoms with Crippen LogP contribution in [-0.4, -0.2) is 18.7 Å². The van der Waals surface area contributed by atoms with E-state index < -0.39 is 17.3 Å². The number of alkyl halides is 3. The number of nitriles is 1. The van der Waals surface area contributed by atoms with E-state index in [9.17, 15) is 13.2 Å². The Bertz CT molecular complexity index is 600. The highest BCUT2D eigenvalue weighted by Crippen LogP contribution is 2.34. The van der Waals surface area contributed by atoms with Gasteiger partial charge in [0.05, 0.1) is 23.8 Å². The van der Waals surface area contributed by atoms with Crippen LogP contribution < -0.4 is 10.1 Å². The molecule has 0 unspecified atom stereocenters. The predicted octanol–water partition coefficient (Wildman–Crippen LogP) is 4.92. The highest BCUT2D eigenvalue weighted by atomic mass is 19.4. The number of ether oxygens (including phenoxy) is 1. The minimum absolute atomic E-state index is 0.310. The van der Waals surface area contributed by atoms with Gasteiger partial charge in [0.25, 0.3) is 0 Å². The second-order valence-electron chi connectivity index (χ2n) is 6.39. The summed E-state index contributed by atoms with van der Waals surface area (Å²) >= 11 is 0. The fraction of sp³-hybridized carbons (Fsp3) is 0.526. The van der Waals surface area contributed by atoms with Gasteiger partial charge < -0.3 is 10.1 Å². The summed E-state index contributed by atoms with van der Waals surface area (Å²) < 4.78 is 43.6. The molecule has 1 aromatic carbocycles. The van der Waals surface area contributed by atoms with Crippen molar-refractivity contribution in [2.75, 3.05) is 6.61 Å². The van der Waals surface area contributed by atoms with Crippen molar-refractivity contribution in [3.8, 4) is 11.8 Å². The summed E-state index contributed by atoms with van der Waals surface area (Å²) in [7, 11) is 0. The topological polar surface area (TPSA) is 45.0 Å². The summed E-state index contributed by atoms with van der Waals surface area (Å²) in [5.74, 6) is 0.717. The molecular weight excluding hydrogens is 329 g/mol. The van der Waals surface area contributed by atoms with Gasteiger partial charge in [-0.2, -0.15) is 18.4 Å². The van der Waals surface area contributed by atoms with Gasteiger partial charge in [-0.25, -0.2) is 0 Å². The van der Waals surface area contributed by atoms with Gasteiger partial charge in [-0.3, -0.25) is 0 Å². The Morgan fingerprint density at radius 1 is 1.40 bits per heavy atom. The Labute approximate surface area is 147 Å². The van der Waals surface area contributed by atoms with Crippen LogP contribution in [0.5, 0.6) is 5.75 Å². The average Bonchev–Trinajstić information content (AvgIpc) is 2.48. The molecule has 1 aromatic rings. The molecule has 0 amide bonds. The molecule has 2 rings (SSSR count). The summed E-state index contributed by atoms with van der Waals surface area (Å²) in [6, 6.07) is 5.85. The lowest BCUT2D eigenvalue weighted by atomic mass is 9.80. The van der Waals surface area contributed by atoms with Crippen molar-refractivity contribution in [1.29, 1.82) is 5.26 Å². The summed E-state index contributed by atoms with van der Waals surface area (Å²) in [6.45, 7) is 9.90. The van der Waals surface area contributed by atoms with E-state index in [-0.39, 0.29) is 0 Å². The van der Waals surface area contributed by atoms with Crippen molar-refractivity contribution in [2.24, 2.45) is 5.92 Å². The quantitative estimate of drug-likeness (QED) is 0.763. The van der Waals surface area contributed by atoms with Gasteiger partial charge in [-0.15, -0.1) is 6.58 Å². The van der Waals surface area contributed by atoms with Gasteiger partial charge in [-0.1, -0.05) is 19.9 Å². The summed E-state index contributed by atoms with van der Waals surface area (Å²) in [6.07, 6.45) is -0.763. The number of nitrogens with one attached hydrogen (secondary N) is 1. The van der Waals surface area contributed by atoms with Gasteiger partial charge in [-0.05, 0) is 43.9 Å². The molecule has 0 heterocycles. The van der Waals surface area contributed by atoms with Gasteiger partial charge in [0, 0.05) is 12.1 Å². The minimum atomic E-state index is -4.52. The molecule has 1 aliphatic carbocycles. The van der Waals surface area contributed by atoms with Crippen LogP contribution in [0.4, 0.5) is 13.2 Å².